The second kappa shape index (κ2) is 7.62. The van der Waals surface area contributed by atoms with E-state index in [4.69, 9.17) is 4.74 Å². The quantitative estimate of drug-likeness (QED) is 0.818. The number of hydrogen-bond acceptors (Lipinski definition) is 3. The molecule has 1 fully saturated rings. The summed E-state index contributed by atoms with van der Waals surface area (Å²) in [5, 5.41) is 3.04. The van der Waals surface area contributed by atoms with Crippen molar-refractivity contribution in [2.45, 2.75) is 58.8 Å². The largest absolute Gasteiger partial charge is 0.465 e. The van der Waals surface area contributed by atoms with E-state index in [0.717, 1.165) is 48.9 Å². The summed E-state index contributed by atoms with van der Waals surface area (Å²) in [6.07, 6.45) is 5.13. The van der Waals surface area contributed by atoms with Crippen LogP contribution >= 0.6 is 0 Å². The van der Waals surface area contributed by atoms with Crippen LogP contribution in [0, 0.1) is 12.8 Å². The molecule has 0 aromatic heterocycles. The SMILES string of the molecule is CCC(C)c1cc(NC(=O)C2CCCC2)c(C)c(C(=O)OC)c1. The van der Waals surface area contributed by atoms with E-state index in [9.17, 15) is 9.59 Å². The third-order valence-corrected chi connectivity index (χ3v) is 5.00. The minimum absolute atomic E-state index is 0.0720. The monoisotopic (exact) mass is 317 g/mol. The first-order valence-electron chi connectivity index (χ1n) is 8.51. The van der Waals surface area contributed by atoms with Crippen molar-refractivity contribution in [1.82, 2.24) is 0 Å². The Labute approximate surface area is 138 Å². The van der Waals surface area contributed by atoms with Gasteiger partial charge in [-0.1, -0.05) is 26.7 Å². The minimum atomic E-state index is -0.357. The fourth-order valence-electron chi connectivity index (χ4n) is 3.13. The van der Waals surface area contributed by atoms with Crippen LogP contribution < -0.4 is 5.32 Å². The van der Waals surface area contributed by atoms with Crippen LogP contribution in [0.4, 0.5) is 5.69 Å². The third-order valence-electron chi connectivity index (χ3n) is 5.00. The maximum atomic E-state index is 12.4. The first-order valence-corrected chi connectivity index (χ1v) is 8.51. The van der Waals surface area contributed by atoms with Crippen LogP contribution in [-0.4, -0.2) is 19.0 Å². The summed E-state index contributed by atoms with van der Waals surface area (Å²) in [5.41, 5.74) is 3.10. The lowest BCUT2D eigenvalue weighted by atomic mass is 9.93. The molecule has 0 heterocycles. The molecule has 1 unspecified atom stereocenters. The normalized spacial score (nSPS) is 16.2. The number of carbonyl (C=O) groups excluding carboxylic acids is 2. The summed E-state index contributed by atoms with van der Waals surface area (Å²) in [4.78, 5) is 24.5. The highest BCUT2D eigenvalue weighted by atomic mass is 16.5. The molecule has 4 heteroatoms. The molecule has 0 aliphatic heterocycles. The number of carbonyl (C=O) groups is 2. The number of esters is 1. The van der Waals surface area contributed by atoms with Crippen LogP contribution in [0.1, 0.15) is 73.4 Å². The molecular formula is C19H27NO3. The second-order valence-electron chi connectivity index (χ2n) is 6.51. The summed E-state index contributed by atoms with van der Waals surface area (Å²) < 4.78 is 4.89. The molecule has 4 nitrogen and oxygen atoms in total. The van der Waals surface area contributed by atoms with Gasteiger partial charge in [-0.3, -0.25) is 4.79 Å². The Morgan fingerprint density at radius 2 is 1.96 bits per heavy atom. The van der Waals surface area contributed by atoms with Gasteiger partial charge in [0.1, 0.15) is 0 Å². The summed E-state index contributed by atoms with van der Waals surface area (Å²) in [5.74, 6) is 0.135. The molecule has 0 saturated heterocycles. The highest BCUT2D eigenvalue weighted by Crippen LogP contribution is 2.31. The van der Waals surface area contributed by atoms with Gasteiger partial charge >= 0.3 is 5.97 Å². The van der Waals surface area contributed by atoms with Crippen molar-refractivity contribution in [2.75, 3.05) is 12.4 Å². The Balaban J connectivity index is 2.35. The van der Waals surface area contributed by atoms with Gasteiger partial charge in [-0.15, -0.1) is 0 Å². The molecule has 0 radical (unpaired) electrons. The topological polar surface area (TPSA) is 55.4 Å². The Morgan fingerprint density at radius 1 is 1.30 bits per heavy atom. The zero-order valence-electron chi connectivity index (χ0n) is 14.6. The maximum Gasteiger partial charge on any atom is 0.338 e. The fourth-order valence-corrected chi connectivity index (χ4v) is 3.13. The van der Waals surface area contributed by atoms with Crippen molar-refractivity contribution in [3.8, 4) is 0 Å². The van der Waals surface area contributed by atoms with Crippen molar-refractivity contribution >= 4 is 17.6 Å². The van der Waals surface area contributed by atoms with E-state index in [2.05, 4.69) is 19.2 Å². The Bertz CT molecular complexity index is 589. The highest BCUT2D eigenvalue weighted by molar-refractivity contribution is 5.98. The second-order valence-corrected chi connectivity index (χ2v) is 6.51. The smallest absolute Gasteiger partial charge is 0.338 e. The van der Waals surface area contributed by atoms with Crippen LogP contribution in [-0.2, 0) is 9.53 Å². The summed E-state index contributed by atoms with van der Waals surface area (Å²) in [6, 6.07) is 3.89. The van der Waals surface area contributed by atoms with Crippen molar-refractivity contribution in [2.24, 2.45) is 5.92 Å². The van der Waals surface area contributed by atoms with Gasteiger partial charge in [-0.2, -0.15) is 0 Å². The van der Waals surface area contributed by atoms with Crippen molar-refractivity contribution < 1.29 is 14.3 Å². The lowest BCUT2D eigenvalue weighted by Crippen LogP contribution is -2.21. The minimum Gasteiger partial charge on any atom is -0.465 e. The zero-order valence-corrected chi connectivity index (χ0v) is 14.6. The van der Waals surface area contributed by atoms with Crippen LogP contribution in [0.2, 0.25) is 0 Å². The van der Waals surface area contributed by atoms with Gasteiger partial charge in [0, 0.05) is 11.6 Å². The number of nitrogens with one attached hydrogen (secondary N) is 1. The molecule has 0 spiro atoms. The van der Waals surface area contributed by atoms with Crippen LogP contribution in [0.3, 0.4) is 0 Å². The third kappa shape index (κ3) is 3.92. The molecule has 1 aliphatic carbocycles. The molecule has 1 aliphatic rings. The van der Waals surface area contributed by atoms with E-state index in [0.29, 0.717) is 11.5 Å². The average Bonchev–Trinajstić information content (AvgIpc) is 3.09. The molecule has 1 atom stereocenters. The fraction of sp³-hybridized carbons (Fsp3) is 0.579. The van der Waals surface area contributed by atoms with Crippen molar-refractivity contribution in [1.29, 1.82) is 0 Å². The number of ether oxygens (including phenoxy) is 1. The van der Waals surface area contributed by atoms with Gasteiger partial charge in [0.05, 0.1) is 12.7 Å². The van der Waals surface area contributed by atoms with Gasteiger partial charge in [0.2, 0.25) is 5.91 Å². The van der Waals surface area contributed by atoms with E-state index < -0.39 is 0 Å². The number of benzene rings is 1. The van der Waals surface area contributed by atoms with E-state index in [1.807, 2.05) is 19.1 Å². The van der Waals surface area contributed by atoms with Crippen LogP contribution in [0.15, 0.2) is 12.1 Å². The Morgan fingerprint density at radius 3 is 2.52 bits per heavy atom. The van der Waals surface area contributed by atoms with Crippen molar-refractivity contribution in [3.05, 3.63) is 28.8 Å². The maximum absolute atomic E-state index is 12.4. The Kier molecular flexibility index (Phi) is 5.80. The predicted molar refractivity (Wildman–Crippen MR) is 91.8 cm³/mol. The van der Waals surface area contributed by atoms with Gasteiger partial charge in [0.25, 0.3) is 0 Å². The average molecular weight is 317 g/mol. The molecule has 1 aromatic rings. The molecule has 1 amide bonds. The van der Waals surface area contributed by atoms with Gasteiger partial charge in [-0.25, -0.2) is 4.79 Å². The molecule has 1 saturated carbocycles. The van der Waals surface area contributed by atoms with E-state index >= 15 is 0 Å². The van der Waals surface area contributed by atoms with Crippen LogP contribution in [0.5, 0.6) is 0 Å². The first kappa shape index (κ1) is 17.5. The number of amides is 1. The lowest BCUT2D eigenvalue weighted by molar-refractivity contribution is -0.119. The number of methoxy groups -OCH3 is 1. The molecule has 1 N–H and O–H groups in total. The van der Waals surface area contributed by atoms with E-state index in [1.54, 1.807) is 0 Å². The summed E-state index contributed by atoms with van der Waals surface area (Å²) >= 11 is 0. The summed E-state index contributed by atoms with van der Waals surface area (Å²) in [7, 11) is 1.38. The van der Waals surface area contributed by atoms with Gasteiger partial charge < -0.3 is 10.1 Å². The predicted octanol–water partition coefficient (Wildman–Crippen LogP) is 4.42. The van der Waals surface area contributed by atoms with Gasteiger partial charge in [-0.05, 0) is 55.4 Å². The molecule has 126 valence electrons. The molecule has 23 heavy (non-hydrogen) atoms. The van der Waals surface area contributed by atoms with Crippen LogP contribution in [0.25, 0.3) is 0 Å². The van der Waals surface area contributed by atoms with E-state index in [-0.39, 0.29) is 17.8 Å². The number of anilines is 1. The molecular weight excluding hydrogens is 290 g/mol. The Hall–Kier alpha value is -1.84. The highest BCUT2D eigenvalue weighted by Gasteiger charge is 2.24. The first-order chi connectivity index (χ1) is 11.0. The standard InChI is InChI=1S/C19H27NO3/c1-5-12(2)15-10-16(19(22)23-4)13(3)17(11-15)20-18(21)14-8-6-7-9-14/h10-12,14H,5-9H2,1-4H3,(H,20,21). The molecule has 1 aromatic carbocycles. The zero-order chi connectivity index (χ0) is 17.0. The summed E-state index contributed by atoms with van der Waals surface area (Å²) in [6.45, 7) is 6.09. The number of rotatable bonds is 5. The number of hydrogen-bond donors (Lipinski definition) is 1. The van der Waals surface area contributed by atoms with E-state index in [1.165, 1.54) is 7.11 Å². The molecule has 2 rings (SSSR count). The van der Waals surface area contributed by atoms with Gasteiger partial charge in [0.15, 0.2) is 0 Å². The molecule has 0 bridgehead atoms. The van der Waals surface area contributed by atoms with Crippen molar-refractivity contribution in [3.63, 3.8) is 0 Å². The lowest BCUT2D eigenvalue weighted by Gasteiger charge is -2.18.